The number of para-hydroxylation sites is 1. The fourth-order valence-corrected chi connectivity index (χ4v) is 4.81. The fraction of sp³-hybridized carbons (Fsp3) is 0.304. The first-order chi connectivity index (χ1) is 14.0. The van der Waals surface area contributed by atoms with Gasteiger partial charge in [0.25, 0.3) is 5.91 Å². The Morgan fingerprint density at radius 3 is 2.31 bits per heavy atom. The van der Waals surface area contributed by atoms with Gasteiger partial charge in [-0.05, 0) is 43.0 Å². The van der Waals surface area contributed by atoms with Gasteiger partial charge in [0.2, 0.25) is 0 Å². The third kappa shape index (κ3) is 3.98. The third-order valence-electron chi connectivity index (χ3n) is 5.37. The summed E-state index contributed by atoms with van der Waals surface area (Å²) in [6, 6.07) is 18.1. The zero-order chi connectivity index (χ0) is 20.4. The Hall–Kier alpha value is -2.86. The molecule has 1 aliphatic heterocycles. The minimum Gasteiger partial charge on any atom is -0.448 e. The fourth-order valence-electron chi connectivity index (χ4n) is 3.71. The highest BCUT2D eigenvalue weighted by Crippen LogP contribution is 2.31. The topological polar surface area (TPSA) is 49.9 Å². The maximum Gasteiger partial charge on any atom is 0.349 e. The van der Waals surface area contributed by atoms with E-state index in [9.17, 15) is 9.59 Å². The molecule has 1 aliphatic rings. The number of hydrogen-bond donors (Lipinski definition) is 0. The van der Waals surface area contributed by atoms with Crippen molar-refractivity contribution in [3.05, 3.63) is 65.0 Å². The van der Waals surface area contributed by atoms with E-state index in [4.69, 9.17) is 4.74 Å². The number of ether oxygens (including phenoxy) is 1. The van der Waals surface area contributed by atoms with E-state index in [0.717, 1.165) is 28.7 Å². The van der Waals surface area contributed by atoms with Crippen LogP contribution in [-0.2, 0) is 9.53 Å². The Morgan fingerprint density at radius 2 is 1.62 bits per heavy atom. The number of aryl methyl sites for hydroxylation is 1. The summed E-state index contributed by atoms with van der Waals surface area (Å²) in [7, 11) is 0. The van der Waals surface area contributed by atoms with E-state index in [-0.39, 0.29) is 5.91 Å². The lowest BCUT2D eigenvalue weighted by Gasteiger charge is -2.37. The molecule has 3 aromatic rings. The summed E-state index contributed by atoms with van der Waals surface area (Å²) in [5.41, 5.74) is 2.08. The smallest absolute Gasteiger partial charge is 0.349 e. The molecule has 1 fully saturated rings. The number of hydrogen-bond acceptors (Lipinski definition) is 5. The summed E-state index contributed by atoms with van der Waals surface area (Å²) in [5, 5.41) is 1.06. The van der Waals surface area contributed by atoms with Crippen LogP contribution in [0.4, 0.5) is 5.69 Å². The maximum absolute atomic E-state index is 12.8. The van der Waals surface area contributed by atoms with Crippen molar-refractivity contribution in [3.63, 3.8) is 0 Å². The average molecular weight is 409 g/mol. The van der Waals surface area contributed by atoms with Crippen molar-refractivity contribution >= 4 is 39.0 Å². The number of fused-ring (bicyclic) bond motifs is 1. The van der Waals surface area contributed by atoms with Gasteiger partial charge in [-0.1, -0.05) is 36.4 Å². The molecule has 0 aliphatic carbocycles. The van der Waals surface area contributed by atoms with Gasteiger partial charge < -0.3 is 14.5 Å². The highest BCUT2D eigenvalue weighted by molar-refractivity contribution is 7.21. The molecule has 5 nitrogen and oxygen atoms in total. The van der Waals surface area contributed by atoms with Gasteiger partial charge in [-0.25, -0.2) is 4.79 Å². The number of benzene rings is 2. The van der Waals surface area contributed by atoms with Crippen molar-refractivity contribution in [2.24, 2.45) is 0 Å². The molecule has 0 saturated carbocycles. The van der Waals surface area contributed by atoms with Crippen LogP contribution >= 0.6 is 11.3 Å². The van der Waals surface area contributed by atoms with E-state index in [2.05, 4.69) is 17.0 Å². The third-order valence-corrected chi connectivity index (χ3v) is 6.63. The summed E-state index contributed by atoms with van der Waals surface area (Å²) in [6.07, 6.45) is -0.796. The maximum atomic E-state index is 12.8. The predicted molar refractivity (Wildman–Crippen MR) is 117 cm³/mol. The number of carbonyl (C=O) groups is 2. The monoisotopic (exact) mass is 408 g/mol. The van der Waals surface area contributed by atoms with Gasteiger partial charge in [-0.2, -0.15) is 0 Å². The van der Waals surface area contributed by atoms with Crippen molar-refractivity contribution in [1.29, 1.82) is 0 Å². The summed E-state index contributed by atoms with van der Waals surface area (Å²) in [5.74, 6) is -0.558. The summed E-state index contributed by atoms with van der Waals surface area (Å²) < 4.78 is 6.59. The molecule has 150 valence electrons. The van der Waals surface area contributed by atoms with Gasteiger partial charge in [-0.15, -0.1) is 11.3 Å². The number of anilines is 1. The summed E-state index contributed by atoms with van der Waals surface area (Å²) >= 11 is 1.41. The first-order valence-corrected chi connectivity index (χ1v) is 10.6. The molecule has 0 N–H and O–H groups in total. The van der Waals surface area contributed by atoms with Crippen LogP contribution in [0.1, 0.15) is 22.2 Å². The minimum absolute atomic E-state index is 0.134. The SMILES string of the molecule is Cc1c(C(=O)OC(C)C(=O)N2CCN(c3ccccc3)CC2)sc2ccccc12. The standard InChI is InChI=1S/C23H24N2O3S/c1-16-19-10-6-7-11-20(19)29-21(16)23(27)28-17(2)22(26)25-14-12-24(13-15-25)18-8-4-3-5-9-18/h3-11,17H,12-15H2,1-2H3. The van der Waals surface area contributed by atoms with Crippen LogP contribution < -0.4 is 4.90 Å². The largest absolute Gasteiger partial charge is 0.448 e. The van der Waals surface area contributed by atoms with Gasteiger partial charge in [-0.3, -0.25) is 4.79 Å². The predicted octanol–water partition coefficient (Wildman–Crippen LogP) is 4.10. The van der Waals surface area contributed by atoms with Gasteiger partial charge in [0, 0.05) is 36.6 Å². The second kappa shape index (κ2) is 8.25. The van der Waals surface area contributed by atoms with Gasteiger partial charge in [0.05, 0.1) is 0 Å². The summed E-state index contributed by atoms with van der Waals surface area (Å²) in [4.78, 5) is 30.1. The van der Waals surface area contributed by atoms with Crippen molar-refractivity contribution in [1.82, 2.24) is 4.90 Å². The molecule has 2 heterocycles. The zero-order valence-electron chi connectivity index (χ0n) is 16.6. The number of carbonyl (C=O) groups excluding carboxylic acids is 2. The van der Waals surface area contributed by atoms with E-state index >= 15 is 0 Å². The Kier molecular flexibility index (Phi) is 5.53. The molecule has 0 radical (unpaired) electrons. The quantitative estimate of drug-likeness (QED) is 0.610. The molecule has 1 atom stereocenters. The molecule has 0 spiro atoms. The van der Waals surface area contributed by atoms with Crippen LogP contribution in [0.15, 0.2) is 54.6 Å². The van der Waals surface area contributed by atoms with E-state index in [1.54, 1.807) is 11.8 Å². The molecular formula is C23H24N2O3S. The minimum atomic E-state index is -0.796. The van der Waals surface area contributed by atoms with Crippen molar-refractivity contribution in [2.75, 3.05) is 31.1 Å². The van der Waals surface area contributed by atoms with E-state index in [1.165, 1.54) is 17.0 Å². The van der Waals surface area contributed by atoms with E-state index in [0.29, 0.717) is 18.0 Å². The average Bonchev–Trinajstić information content (AvgIpc) is 3.11. The van der Waals surface area contributed by atoms with Gasteiger partial charge >= 0.3 is 5.97 Å². The van der Waals surface area contributed by atoms with Crippen LogP contribution in [0, 0.1) is 6.92 Å². The number of thiophene rings is 1. The molecule has 1 amide bonds. The number of nitrogens with zero attached hydrogens (tertiary/aromatic N) is 2. The van der Waals surface area contributed by atoms with E-state index in [1.807, 2.05) is 49.4 Å². The normalized spacial score (nSPS) is 15.4. The zero-order valence-corrected chi connectivity index (χ0v) is 17.4. The van der Waals surface area contributed by atoms with Crippen molar-refractivity contribution in [3.8, 4) is 0 Å². The second-order valence-electron chi connectivity index (χ2n) is 7.25. The lowest BCUT2D eigenvalue weighted by Crippen LogP contribution is -2.51. The molecule has 2 aromatic carbocycles. The molecule has 1 saturated heterocycles. The number of piperazine rings is 1. The van der Waals surface area contributed by atoms with Crippen LogP contribution in [0.25, 0.3) is 10.1 Å². The second-order valence-corrected chi connectivity index (χ2v) is 8.30. The Bertz CT molecular complexity index is 1020. The Balaban J connectivity index is 1.37. The molecular weight excluding hydrogens is 384 g/mol. The van der Waals surface area contributed by atoms with Crippen LogP contribution in [0.5, 0.6) is 0 Å². The van der Waals surface area contributed by atoms with Gasteiger partial charge in [0.1, 0.15) is 4.88 Å². The highest BCUT2D eigenvalue weighted by atomic mass is 32.1. The molecule has 4 rings (SSSR count). The Morgan fingerprint density at radius 1 is 0.966 bits per heavy atom. The Labute approximate surface area is 174 Å². The lowest BCUT2D eigenvalue weighted by molar-refractivity contribution is -0.140. The number of rotatable bonds is 4. The van der Waals surface area contributed by atoms with Crippen LogP contribution in [0.3, 0.4) is 0 Å². The number of amides is 1. The first-order valence-electron chi connectivity index (χ1n) is 9.82. The molecule has 6 heteroatoms. The van der Waals surface area contributed by atoms with E-state index < -0.39 is 12.1 Å². The molecule has 1 unspecified atom stereocenters. The van der Waals surface area contributed by atoms with Crippen molar-refractivity contribution in [2.45, 2.75) is 20.0 Å². The number of esters is 1. The van der Waals surface area contributed by atoms with Crippen LogP contribution in [-0.4, -0.2) is 49.1 Å². The summed E-state index contributed by atoms with van der Waals surface area (Å²) in [6.45, 7) is 6.37. The molecule has 1 aromatic heterocycles. The first kappa shape index (κ1) is 19.5. The van der Waals surface area contributed by atoms with Crippen molar-refractivity contribution < 1.29 is 14.3 Å². The molecule has 0 bridgehead atoms. The van der Waals surface area contributed by atoms with Crippen LogP contribution in [0.2, 0.25) is 0 Å². The highest BCUT2D eigenvalue weighted by Gasteiger charge is 2.28. The van der Waals surface area contributed by atoms with Gasteiger partial charge in [0.15, 0.2) is 6.10 Å². The lowest BCUT2D eigenvalue weighted by atomic mass is 10.1. The molecule has 29 heavy (non-hydrogen) atoms.